The number of carbonyl (C=O) groups is 1. The van der Waals surface area contributed by atoms with E-state index in [2.05, 4.69) is 29.4 Å². The van der Waals surface area contributed by atoms with Gasteiger partial charge in [-0.05, 0) is 37.0 Å². The van der Waals surface area contributed by atoms with Crippen molar-refractivity contribution in [3.63, 3.8) is 0 Å². The second-order valence-corrected chi connectivity index (χ2v) is 8.61. The molecule has 32 heavy (non-hydrogen) atoms. The van der Waals surface area contributed by atoms with E-state index in [-0.39, 0.29) is 23.9 Å². The van der Waals surface area contributed by atoms with Crippen LogP contribution in [0.25, 0.3) is 16.7 Å². The van der Waals surface area contributed by atoms with Crippen molar-refractivity contribution in [1.82, 2.24) is 24.5 Å². The van der Waals surface area contributed by atoms with Crippen molar-refractivity contribution in [2.24, 2.45) is 5.92 Å². The molecule has 7 heteroatoms. The van der Waals surface area contributed by atoms with E-state index in [0.29, 0.717) is 35.9 Å². The molecule has 0 radical (unpaired) electrons. The lowest BCUT2D eigenvalue weighted by molar-refractivity contribution is -0.121. The van der Waals surface area contributed by atoms with E-state index in [1.54, 1.807) is 4.57 Å². The third-order valence-corrected chi connectivity index (χ3v) is 5.76. The van der Waals surface area contributed by atoms with Crippen molar-refractivity contribution in [2.75, 3.05) is 0 Å². The van der Waals surface area contributed by atoms with Crippen LogP contribution in [0.5, 0.6) is 0 Å². The molecule has 2 aromatic carbocycles. The van der Waals surface area contributed by atoms with Crippen LogP contribution in [0.3, 0.4) is 0 Å². The number of hydrogen-bond acceptors (Lipinski definition) is 4. The van der Waals surface area contributed by atoms with Crippen molar-refractivity contribution in [3.8, 4) is 0 Å². The van der Waals surface area contributed by atoms with Crippen molar-refractivity contribution in [1.29, 1.82) is 0 Å². The molecule has 2 aromatic heterocycles. The first-order valence-corrected chi connectivity index (χ1v) is 11.2. The Hall–Kier alpha value is -3.48. The van der Waals surface area contributed by atoms with E-state index in [0.717, 1.165) is 17.5 Å². The summed E-state index contributed by atoms with van der Waals surface area (Å²) in [5.41, 5.74) is 1.78. The molecule has 0 aliphatic heterocycles. The highest BCUT2D eigenvalue weighted by Gasteiger charge is 2.18. The SMILES string of the molecule is CC(C)CCn1c(=O)c2ccccc2n2c(CCC(=O)N[C@@H](C)c3ccccc3)nnc12. The maximum absolute atomic E-state index is 13.1. The number of nitrogens with zero attached hydrogens (tertiary/aromatic N) is 4. The molecule has 0 bridgehead atoms. The highest BCUT2D eigenvalue weighted by molar-refractivity contribution is 5.80. The maximum atomic E-state index is 13.1. The number of benzene rings is 2. The van der Waals surface area contributed by atoms with E-state index in [4.69, 9.17) is 0 Å². The van der Waals surface area contributed by atoms with Gasteiger partial charge in [0.2, 0.25) is 11.7 Å². The lowest BCUT2D eigenvalue weighted by atomic mass is 10.1. The fourth-order valence-electron chi connectivity index (χ4n) is 3.93. The molecule has 0 spiro atoms. The average Bonchev–Trinajstić information content (AvgIpc) is 3.22. The third-order valence-electron chi connectivity index (χ3n) is 5.76. The van der Waals surface area contributed by atoms with Crippen LogP contribution in [0, 0.1) is 5.92 Å². The Kier molecular flexibility index (Phi) is 6.35. The second-order valence-electron chi connectivity index (χ2n) is 8.61. The van der Waals surface area contributed by atoms with Gasteiger partial charge in [0.25, 0.3) is 5.56 Å². The summed E-state index contributed by atoms with van der Waals surface area (Å²) in [6.07, 6.45) is 1.59. The highest BCUT2D eigenvalue weighted by Crippen LogP contribution is 2.17. The Labute approximate surface area is 187 Å². The van der Waals surface area contributed by atoms with Gasteiger partial charge in [-0.3, -0.25) is 18.6 Å². The number of rotatable bonds is 8. The quantitative estimate of drug-likeness (QED) is 0.459. The number of aromatic nitrogens is 4. The van der Waals surface area contributed by atoms with Crippen LogP contribution in [0.4, 0.5) is 0 Å². The molecule has 4 aromatic rings. The van der Waals surface area contributed by atoms with Gasteiger partial charge in [-0.15, -0.1) is 10.2 Å². The molecular weight excluding hydrogens is 402 g/mol. The van der Waals surface area contributed by atoms with E-state index < -0.39 is 0 Å². The lowest BCUT2D eigenvalue weighted by Gasteiger charge is -2.14. The molecule has 0 fully saturated rings. The van der Waals surface area contributed by atoms with E-state index in [9.17, 15) is 9.59 Å². The number of para-hydroxylation sites is 1. The van der Waals surface area contributed by atoms with Crippen LogP contribution in [0.2, 0.25) is 0 Å². The number of hydrogen-bond donors (Lipinski definition) is 1. The topological polar surface area (TPSA) is 81.3 Å². The second kappa shape index (κ2) is 9.34. The molecule has 1 amide bonds. The smallest absolute Gasteiger partial charge is 0.262 e. The van der Waals surface area contributed by atoms with Crippen LogP contribution in [0.1, 0.15) is 51.0 Å². The monoisotopic (exact) mass is 431 g/mol. The van der Waals surface area contributed by atoms with Gasteiger partial charge in [-0.1, -0.05) is 56.3 Å². The fourth-order valence-corrected chi connectivity index (χ4v) is 3.93. The summed E-state index contributed by atoms with van der Waals surface area (Å²) >= 11 is 0. The first-order valence-electron chi connectivity index (χ1n) is 11.2. The molecular formula is C25H29N5O2. The minimum atomic E-state index is -0.0686. The number of fused-ring (bicyclic) bond motifs is 3. The average molecular weight is 432 g/mol. The molecule has 0 aliphatic carbocycles. The largest absolute Gasteiger partial charge is 0.350 e. The molecule has 4 rings (SSSR count). The minimum Gasteiger partial charge on any atom is -0.350 e. The molecule has 0 saturated heterocycles. The van der Waals surface area contributed by atoms with Crippen LogP contribution >= 0.6 is 0 Å². The third kappa shape index (κ3) is 4.42. The van der Waals surface area contributed by atoms with E-state index in [1.807, 2.05) is 65.9 Å². The Morgan fingerprint density at radius 2 is 1.72 bits per heavy atom. The van der Waals surface area contributed by atoms with Crippen LogP contribution in [-0.4, -0.2) is 25.1 Å². The summed E-state index contributed by atoms with van der Waals surface area (Å²) in [5, 5.41) is 12.4. The highest BCUT2D eigenvalue weighted by atomic mass is 16.1. The molecule has 0 saturated carbocycles. The van der Waals surface area contributed by atoms with Crippen molar-refractivity contribution >= 4 is 22.6 Å². The van der Waals surface area contributed by atoms with Gasteiger partial charge >= 0.3 is 0 Å². The minimum absolute atomic E-state index is 0.0458. The standard InChI is InChI=1S/C25H29N5O2/c1-17(2)15-16-29-24(32)20-11-7-8-12-21(20)30-22(27-28-25(29)30)13-14-23(31)26-18(3)19-9-5-4-6-10-19/h4-12,17-18H,13-16H2,1-3H3,(H,26,31)/t18-/m0/s1. The van der Waals surface area contributed by atoms with Crippen molar-refractivity contribution in [3.05, 3.63) is 76.3 Å². The Morgan fingerprint density at radius 1 is 1.00 bits per heavy atom. The zero-order valence-electron chi connectivity index (χ0n) is 18.8. The van der Waals surface area contributed by atoms with Crippen LogP contribution < -0.4 is 10.9 Å². The summed E-state index contributed by atoms with van der Waals surface area (Å²) in [4.78, 5) is 25.7. The normalized spacial score (nSPS) is 12.5. The van der Waals surface area contributed by atoms with Crippen LogP contribution in [-0.2, 0) is 17.8 Å². The van der Waals surface area contributed by atoms with Crippen LogP contribution in [0.15, 0.2) is 59.4 Å². The molecule has 2 heterocycles. The van der Waals surface area contributed by atoms with Gasteiger partial charge in [0, 0.05) is 19.4 Å². The molecule has 0 aliphatic rings. The van der Waals surface area contributed by atoms with Gasteiger partial charge in [0.15, 0.2) is 0 Å². The first-order chi connectivity index (χ1) is 15.5. The number of aryl methyl sites for hydroxylation is 2. The zero-order chi connectivity index (χ0) is 22.7. The molecule has 1 N–H and O–H groups in total. The van der Waals surface area contributed by atoms with E-state index in [1.165, 1.54) is 0 Å². The number of nitrogens with one attached hydrogen (secondary N) is 1. The van der Waals surface area contributed by atoms with Crippen molar-refractivity contribution in [2.45, 2.75) is 52.6 Å². The van der Waals surface area contributed by atoms with Gasteiger partial charge < -0.3 is 5.32 Å². The Morgan fingerprint density at radius 3 is 2.47 bits per heavy atom. The van der Waals surface area contributed by atoms with E-state index >= 15 is 0 Å². The predicted molar refractivity (Wildman–Crippen MR) is 126 cm³/mol. The summed E-state index contributed by atoms with van der Waals surface area (Å²) < 4.78 is 3.63. The first kappa shape index (κ1) is 21.7. The zero-order valence-corrected chi connectivity index (χ0v) is 18.8. The fraction of sp³-hybridized carbons (Fsp3) is 0.360. The van der Waals surface area contributed by atoms with Gasteiger partial charge in [-0.2, -0.15) is 0 Å². The maximum Gasteiger partial charge on any atom is 0.262 e. The summed E-state index contributed by atoms with van der Waals surface area (Å²) in [7, 11) is 0. The number of amides is 1. The molecule has 7 nitrogen and oxygen atoms in total. The Balaban J connectivity index is 1.61. The summed E-state index contributed by atoms with van der Waals surface area (Å²) in [6, 6.07) is 17.3. The van der Waals surface area contributed by atoms with Crippen molar-refractivity contribution < 1.29 is 4.79 Å². The van der Waals surface area contributed by atoms with Gasteiger partial charge in [-0.25, -0.2) is 0 Å². The summed E-state index contributed by atoms with van der Waals surface area (Å²) in [5.74, 6) is 1.63. The Bertz CT molecular complexity index is 1290. The lowest BCUT2D eigenvalue weighted by Crippen LogP contribution is -2.27. The predicted octanol–water partition coefficient (Wildman–Crippen LogP) is 3.90. The van der Waals surface area contributed by atoms with Gasteiger partial charge in [0.05, 0.1) is 16.9 Å². The summed E-state index contributed by atoms with van der Waals surface area (Å²) in [6.45, 7) is 6.82. The number of carbonyl (C=O) groups excluding carboxylic acids is 1. The van der Waals surface area contributed by atoms with Gasteiger partial charge in [0.1, 0.15) is 5.82 Å². The molecule has 166 valence electrons. The molecule has 1 atom stereocenters. The molecule has 0 unspecified atom stereocenters.